The minimum atomic E-state index is -1.38. The van der Waals surface area contributed by atoms with Crippen LogP contribution in [0.15, 0.2) is 24.3 Å². The Labute approximate surface area is 304 Å². The summed E-state index contributed by atoms with van der Waals surface area (Å²) in [6.07, 6.45) is 37.9. The number of ether oxygens (including phenoxy) is 1. The highest BCUT2D eigenvalue weighted by molar-refractivity contribution is 5.87. The van der Waals surface area contributed by atoms with Gasteiger partial charge in [-0.25, -0.2) is 4.79 Å². The number of aliphatic hydroxyl groups is 1. The van der Waals surface area contributed by atoms with Crippen molar-refractivity contribution in [1.29, 1.82) is 0 Å². The van der Waals surface area contributed by atoms with Gasteiger partial charge >= 0.3 is 11.9 Å². The van der Waals surface area contributed by atoms with Crippen LogP contribution in [0.3, 0.4) is 0 Å². The zero-order valence-corrected chi connectivity index (χ0v) is 31.9. The summed E-state index contributed by atoms with van der Waals surface area (Å²) in [6, 6.07) is -1.38. The maximum atomic E-state index is 12.7. The van der Waals surface area contributed by atoms with Crippen LogP contribution >= 0.6 is 0 Å². The predicted octanol–water partition coefficient (Wildman–Crippen LogP) is 9.26. The highest BCUT2D eigenvalue weighted by atomic mass is 16.5. The standard InChI is InChI=1S/C41H74N2O7/c1-3-5-7-9-11-13-14-15-17-19-25-29-33-40(47)50-36(30-26-22-18-16-12-10-8-6-4-2)31-27-23-20-21-24-28-32-38(45)42-34-39(46)43-37(35-44)41(48)49/h11,13,26,30,36-37,44H,3-10,12,14-25,27-29,31-35H2,1-2H3,(H,42,45)(H,43,46)(H,48,49)/b13-11-,30-26-. The van der Waals surface area contributed by atoms with Crippen LogP contribution in [-0.4, -0.2) is 59.3 Å². The SMILES string of the molecule is CCCCC/C=C\CCCCCCCC(=O)OC(/C=C\CCCCCCCCC)CCCCCCCCC(=O)NCC(=O)NC(CO)C(=O)O. The molecule has 4 N–H and O–H groups in total. The van der Waals surface area contributed by atoms with Gasteiger partial charge in [0.05, 0.1) is 13.2 Å². The van der Waals surface area contributed by atoms with Crippen LogP contribution in [0.5, 0.6) is 0 Å². The van der Waals surface area contributed by atoms with E-state index in [0.717, 1.165) is 64.2 Å². The molecule has 2 atom stereocenters. The number of allylic oxidation sites excluding steroid dienone is 3. The summed E-state index contributed by atoms with van der Waals surface area (Å²) in [7, 11) is 0. The monoisotopic (exact) mass is 707 g/mol. The number of nitrogens with one attached hydrogen (secondary N) is 2. The van der Waals surface area contributed by atoms with Gasteiger partial charge in [0.2, 0.25) is 11.8 Å². The van der Waals surface area contributed by atoms with Crippen molar-refractivity contribution >= 4 is 23.8 Å². The second kappa shape index (κ2) is 36.1. The first-order valence-corrected chi connectivity index (χ1v) is 20.2. The van der Waals surface area contributed by atoms with Gasteiger partial charge in [0, 0.05) is 12.8 Å². The summed E-state index contributed by atoms with van der Waals surface area (Å²) in [5.74, 6) is -2.33. The fourth-order valence-corrected chi connectivity index (χ4v) is 5.74. The lowest BCUT2D eigenvalue weighted by molar-refractivity contribution is -0.147. The Balaban J connectivity index is 4.29. The number of esters is 1. The molecule has 2 amide bonds. The van der Waals surface area contributed by atoms with Gasteiger partial charge in [0.25, 0.3) is 0 Å². The first-order valence-electron chi connectivity index (χ1n) is 20.2. The van der Waals surface area contributed by atoms with E-state index in [2.05, 4.69) is 48.8 Å². The van der Waals surface area contributed by atoms with Gasteiger partial charge in [-0.15, -0.1) is 0 Å². The molecular weight excluding hydrogens is 632 g/mol. The van der Waals surface area contributed by atoms with Gasteiger partial charge in [0.15, 0.2) is 0 Å². The Hall–Kier alpha value is -2.68. The lowest BCUT2D eigenvalue weighted by Gasteiger charge is -2.15. The third-order valence-corrected chi connectivity index (χ3v) is 8.91. The van der Waals surface area contributed by atoms with Gasteiger partial charge in [-0.1, -0.05) is 128 Å². The number of unbranched alkanes of at least 4 members (excludes halogenated alkanes) is 20. The Morgan fingerprint density at radius 3 is 1.66 bits per heavy atom. The smallest absolute Gasteiger partial charge is 0.328 e. The maximum Gasteiger partial charge on any atom is 0.328 e. The van der Waals surface area contributed by atoms with E-state index >= 15 is 0 Å². The summed E-state index contributed by atoms with van der Waals surface area (Å²) in [5.41, 5.74) is 0. The summed E-state index contributed by atoms with van der Waals surface area (Å²) < 4.78 is 5.92. The number of aliphatic carboxylic acids is 1. The average Bonchev–Trinajstić information content (AvgIpc) is 3.10. The number of hydrogen-bond acceptors (Lipinski definition) is 6. The van der Waals surface area contributed by atoms with Gasteiger partial charge in [0.1, 0.15) is 12.1 Å². The zero-order valence-electron chi connectivity index (χ0n) is 31.9. The van der Waals surface area contributed by atoms with Crippen LogP contribution in [0, 0.1) is 0 Å². The Morgan fingerprint density at radius 2 is 1.08 bits per heavy atom. The van der Waals surface area contributed by atoms with E-state index in [1.54, 1.807) is 0 Å². The summed E-state index contributed by atoms with van der Waals surface area (Å²) in [4.78, 5) is 47.3. The van der Waals surface area contributed by atoms with Crippen LogP contribution in [0.25, 0.3) is 0 Å². The Morgan fingerprint density at radius 1 is 0.600 bits per heavy atom. The van der Waals surface area contributed by atoms with E-state index in [1.807, 2.05) is 0 Å². The fourth-order valence-electron chi connectivity index (χ4n) is 5.74. The van der Waals surface area contributed by atoms with E-state index in [-0.39, 0.29) is 24.5 Å². The van der Waals surface area contributed by atoms with Crippen molar-refractivity contribution in [3.05, 3.63) is 24.3 Å². The molecule has 290 valence electrons. The number of amides is 2. The number of carboxylic acids is 1. The molecule has 0 bridgehead atoms. The average molecular weight is 707 g/mol. The fraction of sp³-hybridized carbons (Fsp3) is 0.805. The quantitative estimate of drug-likeness (QED) is 0.0289. The third kappa shape index (κ3) is 32.5. The van der Waals surface area contributed by atoms with Crippen molar-refractivity contribution in [2.45, 2.75) is 199 Å². The molecule has 2 unspecified atom stereocenters. The molecule has 0 rings (SSSR count). The molecule has 0 aliphatic heterocycles. The number of carbonyl (C=O) groups is 4. The molecule has 0 aromatic carbocycles. The predicted molar refractivity (Wildman–Crippen MR) is 204 cm³/mol. The van der Waals surface area contributed by atoms with E-state index < -0.39 is 24.5 Å². The molecule has 50 heavy (non-hydrogen) atoms. The second-order valence-electron chi connectivity index (χ2n) is 13.7. The molecule has 0 saturated carbocycles. The van der Waals surface area contributed by atoms with Gasteiger partial charge in [-0.05, 0) is 70.3 Å². The molecule has 0 aliphatic carbocycles. The van der Waals surface area contributed by atoms with Crippen molar-refractivity contribution in [3.63, 3.8) is 0 Å². The zero-order chi connectivity index (χ0) is 36.9. The number of aliphatic hydroxyl groups excluding tert-OH is 1. The molecule has 0 radical (unpaired) electrons. The molecule has 0 heterocycles. The Bertz CT molecular complexity index is 905. The van der Waals surface area contributed by atoms with Crippen LogP contribution in [0.1, 0.15) is 187 Å². The minimum Gasteiger partial charge on any atom is -0.480 e. The highest BCUT2D eigenvalue weighted by Crippen LogP contribution is 2.16. The first-order chi connectivity index (χ1) is 24.3. The molecular formula is C41H74N2O7. The summed E-state index contributed by atoms with van der Waals surface area (Å²) in [5, 5.41) is 22.5. The molecule has 0 aromatic heterocycles. The summed E-state index contributed by atoms with van der Waals surface area (Å²) >= 11 is 0. The number of carboxylic acid groups (broad SMARTS) is 1. The van der Waals surface area contributed by atoms with Crippen LogP contribution in [-0.2, 0) is 23.9 Å². The molecule has 9 heteroatoms. The van der Waals surface area contributed by atoms with Gasteiger partial charge < -0.3 is 25.6 Å². The van der Waals surface area contributed by atoms with E-state index in [9.17, 15) is 19.2 Å². The lowest BCUT2D eigenvalue weighted by atomic mass is 10.0. The molecule has 0 aromatic rings. The Kier molecular flexibility index (Phi) is 34.2. The van der Waals surface area contributed by atoms with Gasteiger partial charge in [-0.2, -0.15) is 0 Å². The highest BCUT2D eigenvalue weighted by Gasteiger charge is 2.18. The molecule has 0 aliphatic rings. The largest absolute Gasteiger partial charge is 0.480 e. The normalized spacial score (nSPS) is 12.7. The number of hydrogen-bond donors (Lipinski definition) is 4. The molecule has 0 spiro atoms. The van der Waals surface area contributed by atoms with Crippen molar-refractivity contribution in [1.82, 2.24) is 10.6 Å². The molecule has 0 saturated heterocycles. The summed E-state index contributed by atoms with van der Waals surface area (Å²) in [6.45, 7) is 3.45. The van der Waals surface area contributed by atoms with Crippen LogP contribution < -0.4 is 10.6 Å². The van der Waals surface area contributed by atoms with Gasteiger partial charge in [-0.3, -0.25) is 14.4 Å². The van der Waals surface area contributed by atoms with Crippen molar-refractivity contribution in [3.8, 4) is 0 Å². The number of rotatable bonds is 36. The number of carbonyl (C=O) groups excluding carboxylic acids is 3. The minimum absolute atomic E-state index is 0.0866. The maximum absolute atomic E-state index is 12.7. The topological polar surface area (TPSA) is 142 Å². The van der Waals surface area contributed by atoms with Crippen LogP contribution in [0.2, 0.25) is 0 Å². The van der Waals surface area contributed by atoms with Crippen molar-refractivity contribution in [2.75, 3.05) is 13.2 Å². The first kappa shape index (κ1) is 47.3. The van der Waals surface area contributed by atoms with E-state index in [0.29, 0.717) is 19.3 Å². The lowest BCUT2D eigenvalue weighted by Crippen LogP contribution is -2.47. The van der Waals surface area contributed by atoms with Crippen molar-refractivity contribution < 1.29 is 34.1 Å². The molecule has 9 nitrogen and oxygen atoms in total. The molecule has 0 fully saturated rings. The van der Waals surface area contributed by atoms with Crippen molar-refractivity contribution in [2.24, 2.45) is 0 Å². The van der Waals surface area contributed by atoms with E-state index in [1.165, 1.54) is 89.9 Å². The van der Waals surface area contributed by atoms with E-state index in [4.69, 9.17) is 14.9 Å². The third-order valence-electron chi connectivity index (χ3n) is 8.91. The second-order valence-corrected chi connectivity index (χ2v) is 13.7. The van der Waals surface area contributed by atoms with Crippen LogP contribution in [0.4, 0.5) is 0 Å².